The van der Waals surface area contributed by atoms with Crippen LogP contribution in [0.2, 0.25) is 0 Å². The molecule has 4 heteroatoms. The zero-order valence-electron chi connectivity index (χ0n) is 12.8. The van der Waals surface area contributed by atoms with E-state index in [-0.39, 0.29) is 23.7 Å². The predicted octanol–water partition coefficient (Wildman–Crippen LogP) is 3.28. The Kier molecular flexibility index (Phi) is 5.74. The van der Waals surface area contributed by atoms with Crippen LogP contribution in [0, 0.1) is 17.7 Å². The molecule has 0 aliphatic heterocycles. The lowest BCUT2D eigenvalue weighted by Crippen LogP contribution is -2.47. The van der Waals surface area contributed by atoms with Crippen LogP contribution in [0.15, 0.2) is 24.3 Å². The van der Waals surface area contributed by atoms with Crippen LogP contribution in [0.4, 0.5) is 4.39 Å². The average molecular weight is 293 g/mol. The third kappa shape index (κ3) is 4.03. The van der Waals surface area contributed by atoms with Crippen molar-refractivity contribution in [2.24, 2.45) is 11.8 Å². The van der Waals surface area contributed by atoms with E-state index in [1.165, 1.54) is 19.2 Å². The number of nitrogens with one attached hydrogen (secondary N) is 1. The molecule has 0 amide bonds. The number of benzene rings is 1. The van der Waals surface area contributed by atoms with Crippen LogP contribution in [0.5, 0.6) is 0 Å². The molecule has 21 heavy (non-hydrogen) atoms. The number of rotatable bonds is 5. The molecule has 1 aliphatic carbocycles. The van der Waals surface area contributed by atoms with Gasteiger partial charge in [-0.1, -0.05) is 31.9 Å². The van der Waals surface area contributed by atoms with Gasteiger partial charge in [-0.25, -0.2) is 4.39 Å². The molecule has 0 spiro atoms. The fraction of sp³-hybridized carbons (Fsp3) is 0.588. The molecule has 116 valence electrons. The van der Waals surface area contributed by atoms with E-state index in [1.807, 2.05) is 0 Å². The highest BCUT2D eigenvalue weighted by Crippen LogP contribution is 2.32. The van der Waals surface area contributed by atoms with E-state index in [4.69, 9.17) is 4.74 Å². The largest absolute Gasteiger partial charge is 0.469 e. The minimum atomic E-state index is -0.227. The third-order valence-electron chi connectivity index (χ3n) is 4.51. The van der Waals surface area contributed by atoms with Gasteiger partial charge >= 0.3 is 5.97 Å². The third-order valence-corrected chi connectivity index (χ3v) is 4.51. The first-order chi connectivity index (χ1) is 10.2. The van der Waals surface area contributed by atoms with Gasteiger partial charge in [0.05, 0.1) is 13.0 Å². The van der Waals surface area contributed by atoms with E-state index < -0.39 is 0 Å². The van der Waals surface area contributed by atoms with Crippen molar-refractivity contribution in [2.75, 3.05) is 7.11 Å². The minimum Gasteiger partial charge on any atom is -0.469 e. The Balaban J connectivity index is 2.04. The number of carbonyl (C=O) groups excluding carboxylic acids is 1. The fourth-order valence-electron chi connectivity index (χ4n) is 3.31. The van der Waals surface area contributed by atoms with Crippen LogP contribution < -0.4 is 5.32 Å². The van der Waals surface area contributed by atoms with Crippen LogP contribution in [0.1, 0.15) is 38.2 Å². The van der Waals surface area contributed by atoms with Gasteiger partial charge in [0.25, 0.3) is 0 Å². The lowest BCUT2D eigenvalue weighted by atomic mass is 9.75. The second-order valence-electron chi connectivity index (χ2n) is 5.76. The molecule has 1 unspecified atom stereocenters. The maximum absolute atomic E-state index is 12.9. The molecular weight excluding hydrogens is 269 g/mol. The lowest BCUT2D eigenvalue weighted by Gasteiger charge is -2.37. The van der Waals surface area contributed by atoms with Crippen LogP contribution >= 0.6 is 0 Å². The van der Waals surface area contributed by atoms with Gasteiger partial charge in [-0.3, -0.25) is 4.79 Å². The molecule has 1 aromatic rings. The van der Waals surface area contributed by atoms with Crippen LogP contribution in [-0.2, 0) is 16.1 Å². The Morgan fingerprint density at radius 3 is 2.67 bits per heavy atom. The number of methoxy groups -OCH3 is 1. The fourth-order valence-corrected chi connectivity index (χ4v) is 3.31. The molecule has 3 atom stereocenters. The van der Waals surface area contributed by atoms with Gasteiger partial charge in [-0.05, 0) is 36.5 Å². The van der Waals surface area contributed by atoms with Crippen molar-refractivity contribution < 1.29 is 13.9 Å². The number of hydrogen-bond acceptors (Lipinski definition) is 3. The Morgan fingerprint density at radius 1 is 1.33 bits per heavy atom. The summed E-state index contributed by atoms with van der Waals surface area (Å²) in [5.41, 5.74) is 1.03. The number of esters is 1. The van der Waals surface area contributed by atoms with Gasteiger partial charge in [-0.2, -0.15) is 0 Å². The summed E-state index contributed by atoms with van der Waals surface area (Å²) in [5, 5.41) is 3.50. The van der Waals surface area contributed by atoms with E-state index in [2.05, 4.69) is 12.2 Å². The molecule has 1 fully saturated rings. The highest BCUT2D eigenvalue weighted by molar-refractivity contribution is 5.73. The normalized spacial score (nSPS) is 25.6. The predicted molar refractivity (Wildman–Crippen MR) is 80.2 cm³/mol. The molecular formula is C17H24FNO2. The van der Waals surface area contributed by atoms with Gasteiger partial charge in [0.2, 0.25) is 0 Å². The van der Waals surface area contributed by atoms with Crippen molar-refractivity contribution in [3.8, 4) is 0 Å². The molecule has 1 saturated carbocycles. The Labute approximate surface area is 125 Å². The molecule has 3 nitrogen and oxygen atoms in total. The van der Waals surface area contributed by atoms with Crippen molar-refractivity contribution in [3.05, 3.63) is 35.6 Å². The van der Waals surface area contributed by atoms with Crippen LogP contribution in [0.3, 0.4) is 0 Å². The molecule has 0 saturated heterocycles. The minimum absolute atomic E-state index is 0.0749. The number of halogens is 1. The molecule has 1 aliphatic rings. The Morgan fingerprint density at radius 2 is 2.05 bits per heavy atom. The molecule has 0 heterocycles. The molecule has 1 aromatic carbocycles. The van der Waals surface area contributed by atoms with Crippen molar-refractivity contribution >= 4 is 5.97 Å². The van der Waals surface area contributed by atoms with E-state index >= 15 is 0 Å². The van der Waals surface area contributed by atoms with E-state index in [9.17, 15) is 9.18 Å². The number of ether oxygens (including phenoxy) is 1. The lowest BCUT2D eigenvalue weighted by molar-refractivity contribution is -0.148. The van der Waals surface area contributed by atoms with Crippen molar-refractivity contribution in [1.82, 2.24) is 5.32 Å². The van der Waals surface area contributed by atoms with Gasteiger partial charge < -0.3 is 10.1 Å². The Hall–Kier alpha value is -1.42. The van der Waals surface area contributed by atoms with Crippen molar-refractivity contribution in [3.63, 3.8) is 0 Å². The highest BCUT2D eigenvalue weighted by Gasteiger charge is 2.36. The standard InChI is InChI=1S/C17H24FNO2/c1-3-13-5-4-6-15(17(20)21-2)16(13)19-11-12-7-9-14(18)10-8-12/h7-10,13,15-16,19H,3-6,11H2,1-2H3/t13?,15-,16+/m1/s1. The first kappa shape index (κ1) is 16.0. The smallest absolute Gasteiger partial charge is 0.310 e. The van der Waals surface area contributed by atoms with Crippen LogP contribution in [-0.4, -0.2) is 19.1 Å². The van der Waals surface area contributed by atoms with Gasteiger partial charge in [0, 0.05) is 12.6 Å². The summed E-state index contributed by atoms with van der Waals surface area (Å²) in [7, 11) is 1.45. The van der Waals surface area contributed by atoms with E-state index in [1.54, 1.807) is 12.1 Å². The molecule has 0 aromatic heterocycles. The maximum Gasteiger partial charge on any atom is 0.310 e. The number of carbonyl (C=O) groups is 1. The van der Waals surface area contributed by atoms with Gasteiger partial charge in [-0.15, -0.1) is 0 Å². The quantitative estimate of drug-likeness (QED) is 0.847. The summed E-state index contributed by atoms with van der Waals surface area (Å²) in [6.07, 6.45) is 4.15. The summed E-state index contributed by atoms with van der Waals surface area (Å²) in [6.45, 7) is 2.81. The molecule has 0 bridgehead atoms. The molecule has 2 rings (SSSR count). The zero-order valence-corrected chi connectivity index (χ0v) is 12.8. The Bertz CT molecular complexity index is 460. The van der Waals surface area contributed by atoms with E-state index in [0.29, 0.717) is 12.5 Å². The zero-order chi connectivity index (χ0) is 15.2. The second-order valence-corrected chi connectivity index (χ2v) is 5.76. The second kappa shape index (κ2) is 7.55. The summed E-state index contributed by atoms with van der Waals surface area (Å²) in [6, 6.07) is 6.62. The van der Waals surface area contributed by atoms with Gasteiger partial charge in [0.1, 0.15) is 5.82 Å². The molecule has 0 radical (unpaired) electrons. The maximum atomic E-state index is 12.9. The summed E-state index contributed by atoms with van der Waals surface area (Å²) in [4.78, 5) is 12.0. The van der Waals surface area contributed by atoms with E-state index in [0.717, 1.165) is 31.2 Å². The monoisotopic (exact) mass is 293 g/mol. The SMILES string of the molecule is CCC1CCC[C@@H](C(=O)OC)[C@H]1NCc1ccc(F)cc1. The van der Waals surface area contributed by atoms with Crippen molar-refractivity contribution in [2.45, 2.75) is 45.2 Å². The highest BCUT2D eigenvalue weighted by atomic mass is 19.1. The first-order valence-electron chi connectivity index (χ1n) is 7.71. The topological polar surface area (TPSA) is 38.3 Å². The first-order valence-corrected chi connectivity index (χ1v) is 7.71. The van der Waals surface area contributed by atoms with Crippen molar-refractivity contribution in [1.29, 1.82) is 0 Å². The van der Waals surface area contributed by atoms with Crippen LogP contribution in [0.25, 0.3) is 0 Å². The average Bonchev–Trinajstić information content (AvgIpc) is 2.53. The molecule has 1 N–H and O–H groups in total. The number of hydrogen-bond donors (Lipinski definition) is 1. The summed E-state index contributed by atoms with van der Waals surface area (Å²) < 4.78 is 17.9. The summed E-state index contributed by atoms with van der Waals surface area (Å²) >= 11 is 0. The van der Waals surface area contributed by atoms with Gasteiger partial charge in [0.15, 0.2) is 0 Å². The summed E-state index contributed by atoms with van der Waals surface area (Å²) in [5.74, 6) is 0.0671.